The molecule has 0 saturated heterocycles. The van der Waals surface area contributed by atoms with Gasteiger partial charge in [-0.2, -0.15) is 0 Å². The number of aromatic carboxylic acids is 1. The first-order chi connectivity index (χ1) is 10.6. The molecule has 6 nitrogen and oxygen atoms in total. The Labute approximate surface area is 129 Å². The Morgan fingerprint density at radius 2 is 2.09 bits per heavy atom. The maximum absolute atomic E-state index is 11.0. The smallest absolute Gasteiger partial charge is 0.358 e. The average Bonchev–Trinajstić information content (AvgIpc) is 2.92. The number of hydrogen-bond donors (Lipinski definition) is 1. The lowest BCUT2D eigenvalue weighted by Crippen LogP contribution is -2.09. The number of unbranched alkanes of at least 4 members (excludes halogenated alkanes) is 1. The van der Waals surface area contributed by atoms with Crippen molar-refractivity contribution in [3.05, 3.63) is 41.2 Å². The van der Waals surface area contributed by atoms with Gasteiger partial charge < -0.3 is 9.84 Å². The zero-order valence-electron chi connectivity index (χ0n) is 13.0. The van der Waals surface area contributed by atoms with Gasteiger partial charge >= 0.3 is 5.97 Å². The normalized spacial score (nSPS) is 10.6. The second-order valence-corrected chi connectivity index (χ2v) is 5.09. The van der Waals surface area contributed by atoms with Crippen molar-refractivity contribution < 1.29 is 14.6 Å². The van der Waals surface area contributed by atoms with Crippen molar-refractivity contribution in [2.45, 2.75) is 39.7 Å². The average molecular weight is 303 g/mol. The number of carboxylic acid groups (broad SMARTS) is 1. The number of hydrogen-bond acceptors (Lipinski definition) is 4. The van der Waals surface area contributed by atoms with Crippen LogP contribution in [0.15, 0.2) is 24.3 Å². The SMILES string of the molecule is CCc1c(C(=O)O)nnn1CCCCOc1ccccc1C. The van der Waals surface area contributed by atoms with Gasteiger partial charge in [0.15, 0.2) is 5.69 Å². The highest BCUT2D eigenvalue weighted by atomic mass is 16.5. The molecule has 0 bridgehead atoms. The van der Waals surface area contributed by atoms with E-state index in [1.54, 1.807) is 4.68 Å². The predicted octanol–water partition coefficient (Wildman–Crippen LogP) is 2.71. The van der Waals surface area contributed by atoms with Crippen molar-refractivity contribution >= 4 is 5.97 Å². The number of carboxylic acids is 1. The highest BCUT2D eigenvalue weighted by Crippen LogP contribution is 2.16. The molecule has 0 spiro atoms. The fourth-order valence-corrected chi connectivity index (χ4v) is 2.29. The van der Waals surface area contributed by atoms with Gasteiger partial charge in [0.05, 0.1) is 12.3 Å². The third-order valence-corrected chi connectivity index (χ3v) is 3.49. The van der Waals surface area contributed by atoms with E-state index >= 15 is 0 Å². The molecule has 6 heteroatoms. The van der Waals surface area contributed by atoms with Gasteiger partial charge in [0.25, 0.3) is 0 Å². The van der Waals surface area contributed by atoms with Crippen LogP contribution in [0.4, 0.5) is 0 Å². The second-order valence-electron chi connectivity index (χ2n) is 5.09. The van der Waals surface area contributed by atoms with Crippen molar-refractivity contribution in [3.8, 4) is 5.75 Å². The number of para-hydroxylation sites is 1. The van der Waals surface area contributed by atoms with Crippen molar-refractivity contribution in [1.82, 2.24) is 15.0 Å². The minimum absolute atomic E-state index is 0.0543. The molecule has 0 aliphatic heterocycles. The monoisotopic (exact) mass is 303 g/mol. The van der Waals surface area contributed by atoms with Gasteiger partial charge in [-0.25, -0.2) is 9.48 Å². The van der Waals surface area contributed by atoms with E-state index in [1.807, 2.05) is 38.1 Å². The van der Waals surface area contributed by atoms with Crippen LogP contribution in [0.2, 0.25) is 0 Å². The maximum Gasteiger partial charge on any atom is 0.358 e. The van der Waals surface area contributed by atoms with Crippen molar-refractivity contribution in [2.24, 2.45) is 0 Å². The number of carbonyl (C=O) groups is 1. The number of ether oxygens (including phenoxy) is 1. The molecule has 1 aromatic carbocycles. The standard InChI is InChI=1S/C16H21N3O3/c1-3-13-15(16(20)21)17-18-19(13)10-6-7-11-22-14-9-5-4-8-12(14)2/h4-5,8-9H,3,6-7,10-11H2,1-2H3,(H,20,21). The van der Waals surface area contributed by atoms with Crippen LogP contribution in [-0.4, -0.2) is 32.7 Å². The van der Waals surface area contributed by atoms with E-state index in [9.17, 15) is 4.79 Å². The van der Waals surface area contributed by atoms with E-state index in [-0.39, 0.29) is 5.69 Å². The molecule has 0 atom stereocenters. The Morgan fingerprint density at radius 1 is 1.32 bits per heavy atom. The fourth-order valence-electron chi connectivity index (χ4n) is 2.29. The van der Waals surface area contributed by atoms with Gasteiger partial charge in [0.1, 0.15) is 5.75 Å². The van der Waals surface area contributed by atoms with E-state index in [4.69, 9.17) is 9.84 Å². The summed E-state index contributed by atoms with van der Waals surface area (Å²) in [6.45, 7) is 5.21. The number of aromatic nitrogens is 3. The summed E-state index contributed by atoms with van der Waals surface area (Å²) < 4.78 is 7.41. The Hall–Kier alpha value is -2.37. The highest BCUT2D eigenvalue weighted by molar-refractivity contribution is 5.86. The molecule has 0 fully saturated rings. The molecule has 0 saturated carbocycles. The summed E-state index contributed by atoms with van der Waals surface area (Å²) in [6, 6.07) is 7.92. The molecule has 0 aliphatic carbocycles. The molecule has 22 heavy (non-hydrogen) atoms. The highest BCUT2D eigenvalue weighted by Gasteiger charge is 2.16. The summed E-state index contributed by atoms with van der Waals surface area (Å²) in [5.41, 5.74) is 1.85. The molecule has 2 rings (SSSR count). The molecular formula is C16H21N3O3. The van der Waals surface area contributed by atoms with E-state index in [0.29, 0.717) is 25.3 Å². The zero-order chi connectivity index (χ0) is 15.9. The molecule has 1 heterocycles. The summed E-state index contributed by atoms with van der Waals surface area (Å²) in [6.07, 6.45) is 2.34. The van der Waals surface area contributed by atoms with Gasteiger partial charge in [-0.15, -0.1) is 5.10 Å². The van der Waals surface area contributed by atoms with Crippen LogP contribution < -0.4 is 4.74 Å². The first kappa shape index (κ1) is 16.0. The largest absolute Gasteiger partial charge is 0.493 e. The third kappa shape index (κ3) is 3.84. The van der Waals surface area contributed by atoms with Gasteiger partial charge in [0.2, 0.25) is 0 Å². The van der Waals surface area contributed by atoms with Crippen LogP contribution in [-0.2, 0) is 13.0 Å². The number of rotatable bonds is 8. The first-order valence-corrected chi connectivity index (χ1v) is 7.47. The van der Waals surface area contributed by atoms with Crippen molar-refractivity contribution in [2.75, 3.05) is 6.61 Å². The summed E-state index contributed by atoms with van der Waals surface area (Å²) in [7, 11) is 0. The van der Waals surface area contributed by atoms with E-state index < -0.39 is 5.97 Å². The number of nitrogens with zero attached hydrogens (tertiary/aromatic N) is 3. The summed E-state index contributed by atoms with van der Waals surface area (Å²) in [5, 5.41) is 16.7. The van der Waals surface area contributed by atoms with Gasteiger partial charge in [-0.05, 0) is 37.8 Å². The van der Waals surface area contributed by atoms with Gasteiger partial charge in [-0.1, -0.05) is 30.3 Å². The fraction of sp³-hybridized carbons (Fsp3) is 0.438. The van der Waals surface area contributed by atoms with Gasteiger partial charge in [-0.3, -0.25) is 0 Å². The first-order valence-electron chi connectivity index (χ1n) is 7.47. The molecule has 2 aromatic rings. The van der Waals surface area contributed by atoms with Crippen LogP contribution in [0.25, 0.3) is 0 Å². The zero-order valence-corrected chi connectivity index (χ0v) is 13.0. The molecule has 0 amide bonds. The van der Waals surface area contributed by atoms with E-state index in [2.05, 4.69) is 10.3 Å². The van der Waals surface area contributed by atoms with E-state index in [0.717, 1.165) is 24.2 Å². The lowest BCUT2D eigenvalue weighted by atomic mass is 10.2. The molecular weight excluding hydrogens is 282 g/mol. The molecule has 118 valence electrons. The van der Waals surface area contributed by atoms with E-state index in [1.165, 1.54) is 0 Å². The Balaban J connectivity index is 1.80. The Morgan fingerprint density at radius 3 is 2.77 bits per heavy atom. The molecule has 0 unspecified atom stereocenters. The van der Waals surface area contributed by atoms with Crippen LogP contribution in [0.1, 0.15) is 41.5 Å². The summed E-state index contributed by atoms with van der Waals surface area (Å²) in [4.78, 5) is 11.0. The van der Waals surface area contributed by atoms with Crippen LogP contribution in [0.5, 0.6) is 5.75 Å². The topological polar surface area (TPSA) is 77.2 Å². The molecule has 0 radical (unpaired) electrons. The van der Waals surface area contributed by atoms with Gasteiger partial charge in [0, 0.05) is 6.54 Å². The minimum atomic E-state index is -1.02. The van der Waals surface area contributed by atoms with Crippen molar-refractivity contribution in [3.63, 3.8) is 0 Å². The lowest BCUT2D eigenvalue weighted by Gasteiger charge is -2.09. The lowest BCUT2D eigenvalue weighted by molar-refractivity contribution is 0.0689. The Kier molecular flexibility index (Phi) is 5.52. The number of benzene rings is 1. The molecule has 0 aliphatic rings. The van der Waals surface area contributed by atoms with Crippen LogP contribution >= 0.6 is 0 Å². The third-order valence-electron chi connectivity index (χ3n) is 3.49. The summed E-state index contributed by atoms with van der Waals surface area (Å²) >= 11 is 0. The van der Waals surface area contributed by atoms with Crippen LogP contribution in [0.3, 0.4) is 0 Å². The maximum atomic E-state index is 11.0. The second kappa shape index (κ2) is 7.59. The number of aryl methyl sites for hydroxylation is 2. The molecule has 1 N–H and O–H groups in total. The Bertz CT molecular complexity index is 637. The quantitative estimate of drug-likeness (QED) is 0.759. The summed E-state index contributed by atoms with van der Waals surface area (Å²) in [5.74, 6) is -0.114. The van der Waals surface area contributed by atoms with Crippen LogP contribution in [0, 0.1) is 6.92 Å². The van der Waals surface area contributed by atoms with Crippen molar-refractivity contribution in [1.29, 1.82) is 0 Å². The predicted molar refractivity (Wildman–Crippen MR) is 82.3 cm³/mol. The minimum Gasteiger partial charge on any atom is -0.493 e. The molecule has 1 aromatic heterocycles.